The maximum Gasteiger partial charge on any atom is 0.161 e. The van der Waals surface area contributed by atoms with Gasteiger partial charge < -0.3 is 14.8 Å². The summed E-state index contributed by atoms with van der Waals surface area (Å²) in [5.74, 6) is 1.99. The number of hydrogen-bond acceptors (Lipinski definition) is 7. The number of thiazole rings is 1. The second kappa shape index (κ2) is 7.66. The van der Waals surface area contributed by atoms with Crippen molar-refractivity contribution in [2.75, 3.05) is 26.8 Å². The third-order valence-corrected chi connectivity index (χ3v) is 5.70. The molecular weight excluding hydrogens is 362 g/mol. The lowest BCUT2D eigenvalue weighted by molar-refractivity contribution is 0.311. The standard InChI is InChI=1S/C19H23N5O2S/c1-4-26-17-6-5-13(7-18(17)25-3)19-21-15(11-27-19)14-10-24(23-22-14)16-9-20-8-12(16)2/h5-7,10-12,16,20H,4,8-9H2,1-3H3/t12-,16+/m0/s1. The van der Waals surface area contributed by atoms with Gasteiger partial charge in [-0.05, 0) is 37.6 Å². The Morgan fingerprint density at radius 2 is 2.15 bits per heavy atom. The Balaban J connectivity index is 1.58. The maximum absolute atomic E-state index is 5.59. The van der Waals surface area contributed by atoms with Gasteiger partial charge in [0.05, 0.1) is 26.0 Å². The number of aromatic nitrogens is 4. The summed E-state index contributed by atoms with van der Waals surface area (Å²) in [7, 11) is 1.64. The number of hydrogen-bond donors (Lipinski definition) is 1. The molecule has 4 rings (SSSR count). The molecule has 1 N–H and O–H groups in total. The van der Waals surface area contributed by atoms with E-state index in [0.29, 0.717) is 24.3 Å². The quantitative estimate of drug-likeness (QED) is 0.702. The van der Waals surface area contributed by atoms with Gasteiger partial charge in [0.1, 0.15) is 16.4 Å². The van der Waals surface area contributed by atoms with Gasteiger partial charge in [0.15, 0.2) is 11.5 Å². The first-order valence-corrected chi connectivity index (χ1v) is 9.97. The Hall–Kier alpha value is -2.45. The van der Waals surface area contributed by atoms with Crippen molar-refractivity contribution in [3.8, 4) is 33.5 Å². The molecule has 0 saturated carbocycles. The van der Waals surface area contributed by atoms with Gasteiger partial charge in [-0.25, -0.2) is 9.67 Å². The van der Waals surface area contributed by atoms with Gasteiger partial charge in [-0.1, -0.05) is 12.1 Å². The largest absolute Gasteiger partial charge is 0.493 e. The molecule has 1 aliphatic rings. The summed E-state index contributed by atoms with van der Waals surface area (Å²) in [4.78, 5) is 4.75. The van der Waals surface area contributed by atoms with E-state index in [-0.39, 0.29) is 0 Å². The topological polar surface area (TPSA) is 74.1 Å². The van der Waals surface area contributed by atoms with E-state index >= 15 is 0 Å². The first kappa shape index (κ1) is 17.9. The third kappa shape index (κ3) is 3.54. The number of methoxy groups -OCH3 is 1. The van der Waals surface area contributed by atoms with E-state index in [1.807, 2.05) is 41.4 Å². The summed E-state index contributed by atoms with van der Waals surface area (Å²) >= 11 is 1.58. The molecule has 0 bridgehead atoms. The lowest BCUT2D eigenvalue weighted by Gasteiger charge is -2.12. The smallest absolute Gasteiger partial charge is 0.161 e. The fourth-order valence-corrected chi connectivity index (χ4v) is 4.12. The van der Waals surface area contributed by atoms with E-state index < -0.39 is 0 Å². The normalized spacial score (nSPS) is 19.4. The van der Waals surface area contributed by atoms with Crippen LogP contribution in [0.1, 0.15) is 19.9 Å². The van der Waals surface area contributed by atoms with Crippen molar-refractivity contribution in [3.05, 3.63) is 29.8 Å². The van der Waals surface area contributed by atoms with Crippen LogP contribution < -0.4 is 14.8 Å². The van der Waals surface area contributed by atoms with Crippen molar-refractivity contribution in [2.24, 2.45) is 5.92 Å². The van der Waals surface area contributed by atoms with Crippen LogP contribution >= 0.6 is 11.3 Å². The van der Waals surface area contributed by atoms with E-state index in [1.54, 1.807) is 18.4 Å². The van der Waals surface area contributed by atoms with E-state index in [4.69, 9.17) is 14.5 Å². The summed E-state index contributed by atoms with van der Waals surface area (Å²) in [6, 6.07) is 6.22. The zero-order chi connectivity index (χ0) is 18.8. The Kier molecular flexibility index (Phi) is 5.09. The molecule has 0 unspecified atom stereocenters. The second-order valence-corrected chi connectivity index (χ2v) is 7.48. The van der Waals surface area contributed by atoms with Crippen LogP contribution in [-0.2, 0) is 0 Å². The van der Waals surface area contributed by atoms with E-state index in [1.165, 1.54) is 0 Å². The minimum absolute atomic E-state index is 0.347. The fraction of sp³-hybridized carbons (Fsp3) is 0.421. The number of rotatable bonds is 6. The van der Waals surface area contributed by atoms with Crippen LogP contribution in [-0.4, -0.2) is 46.8 Å². The zero-order valence-corrected chi connectivity index (χ0v) is 16.5. The highest BCUT2D eigenvalue weighted by atomic mass is 32.1. The lowest BCUT2D eigenvalue weighted by atomic mass is 10.1. The van der Waals surface area contributed by atoms with Gasteiger partial charge in [0.25, 0.3) is 0 Å². The van der Waals surface area contributed by atoms with Crippen LogP contribution in [0.3, 0.4) is 0 Å². The summed E-state index contributed by atoms with van der Waals surface area (Å²) in [5, 5.41) is 15.0. The Bertz CT molecular complexity index is 922. The van der Waals surface area contributed by atoms with E-state index in [9.17, 15) is 0 Å². The summed E-state index contributed by atoms with van der Waals surface area (Å²) in [5.41, 5.74) is 2.63. The van der Waals surface area contributed by atoms with Gasteiger partial charge in [-0.15, -0.1) is 16.4 Å². The monoisotopic (exact) mass is 385 g/mol. The van der Waals surface area contributed by atoms with Gasteiger partial charge in [0.2, 0.25) is 0 Å². The summed E-state index contributed by atoms with van der Waals surface area (Å²) < 4.78 is 13.0. The van der Waals surface area contributed by atoms with Gasteiger partial charge >= 0.3 is 0 Å². The highest BCUT2D eigenvalue weighted by molar-refractivity contribution is 7.13. The van der Waals surface area contributed by atoms with Crippen LogP contribution in [0, 0.1) is 5.92 Å². The van der Waals surface area contributed by atoms with Crippen molar-refractivity contribution < 1.29 is 9.47 Å². The maximum atomic E-state index is 5.59. The SMILES string of the molecule is CCOc1ccc(-c2nc(-c3cn([C@@H]4CNC[C@@H]4C)nn3)cs2)cc1OC. The summed E-state index contributed by atoms with van der Waals surface area (Å²) in [6.45, 7) is 6.72. The molecule has 1 fully saturated rings. The molecule has 0 aliphatic carbocycles. The first-order valence-electron chi connectivity index (χ1n) is 9.09. The minimum Gasteiger partial charge on any atom is -0.493 e. The predicted octanol–water partition coefficient (Wildman–Crippen LogP) is 3.26. The van der Waals surface area contributed by atoms with Crippen molar-refractivity contribution in [2.45, 2.75) is 19.9 Å². The van der Waals surface area contributed by atoms with Crippen LogP contribution in [0.5, 0.6) is 11.5 Å². The molecule has 27 heavy (non-hydrogen) atoms. The highest BCUT2D eigenvalue weighted by Crippen LogP contribution is 2.35. The Labute approximate surface area is 162 Å². The molecule has 0 spiro atoms. The third-order valence-electron chi connectivity index (χ3n) is 4.80. The second-order valence-electron chi connectivity index (χ2n) is 6.62. The summed E-state index contributed by atoms with van der Waals surface area (Å²) in [6.07, 6.45) is 1.99. The number of ether oxygens (including phenoxy) is 2. The fourth-order valence-electron chi connectivity index (χ4n) is 3.31. The van der Waals surface area contributed by atoms with E-state index in [2.05, 4.69) is 22.6 Å². The number of nitrogens with zero attached hydrogens (tertiary/aromatic N) is 4. The van der Waals surface area contributed by atoms with E-state index in [0.717, 1.165) is 40.8 Å². The molecule has 8 heteroatoms. The molecule has 2 atom stereocenters. The molecule has 0 radical (unpaired) electrons. The lowest BCUT2D eigenvalue weighted by Crippen LogP contribution is -2.16. The average Bonchev–Trinajstić information content (AvgIpc) is 3.42. The van der Waals surface area contributed by atoms with Crippen molar-refractivity contribution in [1.82, 2.24) is 25.3 Å². The molecule has 142 valence electrons. The Morgan fingerprint density at radius 3 is 2.89 bits per heavy atom. The first-order chi connectivity index (χ1) is 13.2. The molecule has 3 heterocycles. The number of benzene rings is 1. The predicted molar refractivity (Wildman–Crippen MR) is 105 cm³/mol. The molecule has 7 nitrogen and oxygen atoms in total. The van der Waals surface area contributed by atoms with Gasteiger partial charge in [-0.2, -0.15) is 0 Å². The molecule has 1 saturated heterocycles. The van der Waals surface area contributed by atoms with Crippen molar-refractivity contribution in [3.63, 3.8) is 0 Å². The van der Waals surface area contributed by atoms with Crippen LogP contribution in [0.4, 0.5) is 0 Å². The Morgan fingerprint density at radius 1 is 1.26 bits per heavy atom. The van der Waals surface area contributed by atoms with Crippen LogP contribution in [0.15, 0.2) is 29.8 Å². The molecular formula is C19H23N5O2S. The van der Waals surface area contributed by atoms with Crippen LogP contribution in [0.25, 0.3) is 22.0 Å². The highest BCUT2D eigenvalue weighted by Gasteiger charge is 2.26. The van der Waals surface area contributed by atoms with Crippen LogP contribution in [0.2, 0.25) is 0 Å². The van der Waals surface area contributed by atoms with Gasteiger partial charge in [0, 0.05) is 17.5 Å². The van der Waals surface area contributed by atoms with Crippen molar-refractivity contribution >= 4 is 11.3 Å². The van der Waals surface area contributed by atoms with Gasteiger partial charge in [-0.3, -0.25) is 0 Å². The zero-order valence-electron chi connectivity index (χ0n) is 15.7. The molecule has 1 aromatic carbocycles. The molecule has 2 aromatic heterocycles. The molecule has 0 amide bonds. The van der Waals surface area contributed by atoms with Crippen molar-refractivity contribution in [1.29, 1.82) is 0 Å². The number of nitrogens with one attached hydrogen (secondary N) is 1. The molecule has 1 aliphatic heterocycles. The minimum atomic E-state index is 0.347. The molecule has 3 aromatic rings. The average molecular weight is 385 g/mol.